The number of aliphatic imine (C=N–C) groups is 1. The molecule has 0 amide bonds. The Hall–Kier alpha value is -0.900. The molecule has 0 unspecified atom stereocenters. The molecular formula is C24H43IN4O2. The highest BCUT2D eigenvalue weighted by molar-refractivity contribution is 14.0. The fourth-order valence-electron chi connectivity index (χ4n) is 3.69. The van der Waals surface area contributed by atoms with Crippen molar-refractivity contribution in [2.24, 2.45) is 4.99 Å². The van der Waals surface area contributed by atoms with E-state index < -0.39 is 0 Å². The third-order valence-electron chi connectivity index (χ3n) is 5.50. The average Bonchev–Trinajstić information content (AvgIpc) is 2.76. The van der Waals surface area contributed by atoms with Crippen molar-refractivity contribution in [3.63, 3.8) is 0 Å². The number of rotatable bonds is 12. The van der Waals surface area contributed by atoms with Crippen LogP contribution in [-0.2, 0) is 22.6 Å². The van der Waals surface area contributed by atoms with Crippen LogP contribution >= 0.6 is 24.0 Å². The topological polar surface area (TPSA) is 58.1 Å². The van der Waals surface area contributed by atoms with Crippen LogP contribution in [0.25, 0.3) is 0 Å². The number of halogens is 1. The molecule has 0 aromatic heterocycles. The quantitative estimate of drug-likeness (QED) is 0.178. The molecule has 31 heavy (non-hydrogen) atoms. The lowest BCUT2D eigenvalue weighted by molar-refractivity contribution is 0.0453. The standard InChI is InChI=1S/C24H42N4O2.HI/c1-5-25-23(27-20-24(3,4)28-13-8-7-9-14-28)26-18-21-11-10-12-22(17-21)19-30-16-15-29-6-2;/h10-12,17H,5-9,13-16,18-20H2,1-4H3,(H2,25,26,27);1H. The summed E-state index contributed by atoms with van der Waals surface area (Å²) < 4.78 is 11.0. The number of ether oxygens (including phenoxy) is 2. The SMILES string of the molecule is CCNC(=NCc1cccc(COCCOCC)c1)NCC(C)(C)N1CCCCC1.I. The summed E-state index contributed by atoms with van der Waals surface area (Å²) in [6, 6.07) is 8.46. The fourth-order valence-corrected chi connectivity index (χ4v) is 3.69. The second-order valence-corrected chi connectivity index (χ2v) is 8.48. The van der Waals surface area contributed by atoms with Crippen LogP contribution in [0.3, 0.4) is 0 Å². The average molecular weight is 547 g/mol. The minimum Gasteiger partial charge on any atom is -0.379 e. The third kappa shape index (κ3) is 11.0. The molecule has 178 valence electrons. The molecule has 0 radical (unpaired) electrons. The van der Waals surface area contributed by atoms with Crippen molar-refractivity contribution in [3.8, 4) is 0 Å². The summed E-state index contributed by atoms with van der Waals surface area (Å²) in [6.45, 7) is 16.1. The zero-order chi connectivity index (χ0) is 21.7. The number of hydrogen-bond donors (Lipinski definition) is 2. The molecule has 2 N–H and O–H groups in total. The first-order valence-electron chi connectivity index (χ1n) is 11.6. The smallest absolute Gasteiger partial charge is 0.191 e. The van der Waals surface area contributed by atoms with Gasteiger partial charge in [-0.2, -0.15) is 0 Å². The molecule has 6 nitrogen and oxygen atoms in total. The minimum atomic E-state index is 0. The van der Waals surface area contributed by atoms with Gasteiger partial charge in [-0.3, -0.25) is 4.90 Å². The maximum Gasteiger partial charge on any atom is 0.191 e. The van der Waals surface area contributed by atoms with Crippen molar-refractivity contribution in [1.82, 2.24) is 15.5 Å². The molecule has 1 aliphatic heterocycles. The predicted molar refractivity (Wildman–Crippen MR) is 140 cm³/mol. The van der Waals surface area contributed by atoms with Gasteiger partial charge in [-0.15, -0.1) is 24.0 Å². The highest BCUT2D eigenvalue weighted by Gasteiger charge is 2.27. The van der Waals surface area contributed by atoms with Crippen LogP contribution in [0.4, 0.5) is 0 Å². The number of nitrogens with zero attached hydrogens (tertiary/aromatic N) is 2. The lowest BCUT2D eigenvalue weighted by atomic mass is 9.98. The van der Waals surface area contributed by atoms with E-state index in [0.29, 0.717) is 26.4 Å². The number of guanidine groups is 1. The summed E-state index contributed by atoms with van der Waals surface area (Å²) >= 11 is 0. The van der Waals surface area contributed by atoms with Crippen molar-refractivity contribution in [1.29, 1.82) is 0 Å². The van der Waals surface area contributed by atoms with Crippen LogP contribution in [0.5, 0.6) is 0 Å². The summed E-state index contributed by atoms with van der Waals surface area (Å²) in [5.74, 6) is 0.876. The largest absolute Gasteiger partial charge is 0.379 e. The van der Waals surface area contributed by atoms with Gasteiger partial charge >= 0.3 is 0 Å². The highest BCUT2D eigenvalue weighted by Crippen LogP contribution is 2.19. The van der Waals surface area contributed by atoms with Gasteiger partial charge in [-0.05, 0) is 64.8 Å². The molecule has 0 saturated carbocycles. The van der Waals surface area contributed by atoms with Crippen LogP contribution in [-0.4, -0.2) is 62.4 Å². The van der Waals surface area contributed by atoms with Gasteiger partial charge in [0, 0.05) is 25.2 Å². The van der Waals surface area contributed by atoms with Gasteiger partial charge in [-0.1, -0.05) is 30.7 Å². The summed E-state index contributed by atoms with van der Waals surface area (Å²) in [7, 11) is 0. The molecule has 7 heteroatoms. The molecule has 1 aliphatic rings. The Morgan fingerprint density at radius 2 is 1.74 bits per heavy atom. The first kappa shape index (κ1) is 28.1. The van der Waals surface area contributed by atoms with E-state index in [4.69, 9.17) is 14.5 Å². The molecule has 0 spiro atoms. The van der Waals surface area contributed by atoms with Crippen LogP contribution in [0.15, 0.2) is 29.3 Å². The maximum atomic E-state index is 5.68. The summed E-state index contributed by atoms with van der Waals surface area (Å²) in [4.78, 5) is 7.41. The summed E-state index contributed by atoms with van der Waals surface area (Å²) in [5, 5.41) is 6.93. The van der Waals surface area contributed by atoms with Crippen LogP contribution in [0, 0.1) is 0 Å². The van der Waals surface area contributed by atoms with E-state index in [1.165, 1.54) is 43.5 Å². The lowest BCUT2D eigenvalue weighted by Crippen LogP contribution is -2.54. The first-order chi connectivity index (χ1) is 14.5. The molecule has 0 aliphatic carbocycles. The van der Waals surface area contributed by atoms with Crippen molar-refractivity contribution in [3.05, 3.63) is 35.4 Å². The Labute approximate surface area is 206 Å². The van der Waals surface area contributed by atoms with Crippen LogP contribution < -0.4 is 10.6 Å². The molecule has 0 bridgehead atoms. The van der Waals surface area contributed by atoms with E-state index in [0.717, 1.165) is 25.7 Å². The van der Waals surface area contributed by atoms with E-state index in [1.807, 2.05) is 6.92 Å². The highest BCUT2D eigenvalue weighted by atomic mass is 127. The molecule has 1 aromatic rings. The Bertz CT molecular complexity index is 634. The number of benzene rings is 1. The van der Waals surface area contributed by atoms with Crippen molar-refractivity contribution < 1.29 is 9.47 Å². The number of piperidine rings is 1. The van der Waals surface area contributed by atoms with E-state index in [9.17, 15) is 0 Å². The van der Waals surface area contributed by atoms with Gasteiger partial charge < -0.3 is 20.1 Å². The molecule has 1 fully saturated rings. The second kappa shape index (κ2) is 15.8. The number of hydrogen-bond acceptors (Lipinski definition) is 4. The van der Waals surface area contributed by atoms with Crippen molar-refractivity contribution >= 4 is 29.9 Å². The van der Waals surface area contributed by atoms with Gasteiger partial charge in [0.05, 0.1) is 26.4 Å². The van der Waals surface area contributed by atoms with Crippen LogP contribution in [0.2, 0.25) is 0 Å². The molecular weight excluding hydrogens is 503 g/mol. The monoisotopic (exact) mass is 546 g/mol. The molecule has 0 atom stereocenters. The number of likely N-dealkylation sites (tertiary alicyclic amines) is 1. The second-order valence-electron chi connectivity index (χ2n) is 8.48. The number of nitrogens with one attached hydrogen (secondary N) is 2. The van der Waals surface area contributed by atoms with Gasteiger partial charge in [0.1, 0.15) is 0 Å². The molecule has 1 saturated heterocycles. The van der Waals surface area contributed by atoms with Gasteiger partial charge in [0.2, 0.25) is 0 Å². The van der Waals surface area contributed by atoms with E-state index in [-0.39, 0.29) is 29.5 Å². The van der Waals surface area contributed by atoms with Gasteiger partial charge in [0.15, 0.2) is 5.96 Å². The molecule has 1 heterocycles. The Morgan fingerprint density at radius 3 is 2.45 bits per heavy atom. The third-order valence-corrected chi connectivity index (χ3v) is 5.50. The summed E-state index contributed by atoms with van der Waals surface area (Å²) in [6.07, 6.45) is 3.98. The molecule has 2 rings (SSSR count). The maximum absolute atomic E-state index is 5.68. The van der Waals surface area contributed by atoms with Crippen molar-refractivity contribution in [2.45, 2.75) is 65.6 Å². The van der Waals surface area contributed by atoms with E-state index >= 15 is 0 Å². The fraction of sp³-hybridized carbons (Fsp3) is 0.708. The van der Waals surface area contributed by atoms with Crippen molar-refractivity contribution in [2.75, 3.05) is 46.0 Å². The van der Waals surface area contributed by atoms with Crippen LogP contribution in [0.1, 0.15) is 58.1 Å². The Morgan fingerprint density at radius 1 is 1.03 bits per heavy atom. The zero-order valence-corrected chi connectivity index (χ0v) is 22.2. The predicted octanol–water partition coefficient (Wildman–Crippen LogP) is 4.18. The van der Waals surface area contributed by atoms with Gasteiger partial charge in [-0.25, -0.2) is 4.99 Å². The van der Waals surface area contributed by atoms with E-state index in [1.54, 1.807) is 0 Å². The molecule has 1 aromatic carbocycles. The minimum absolute atomic E-state index is 0. The van der Waals surface area contributed by atoms with Gasteiger partial charge in [0.25, 0.3) is 0 Å². The Balaban J connectivity index is 0.00000480. The first-order valence-corrected chi connectivity index (χ1v) is 11.6. The zero-order valence-electron chi connectivity index (χ0n) is 19.9. The van der Waals surface area contributed by atoms with E-state index in [2.05, 4.69) is 60.6 Å². The normalized spacial score (nSPS) is 15.4. The Kier molecular flexibility index (Phi) is 14.4. The lowest BCUT2D eigenvalue weighted by Gasteiger charge is -2.41. The summed E-state index contributed by atoms with van der Waals surface area (Å²) in [5.41, 5.74) is 2.48.